The molecule has 0 aliphatic rings. The molecule has 1 N–H and O–H groups in total. The number of non-ortho nitro benzene ring substituents is 1. The van der Waals surface area contributed by atoms with Crippen molar-refractivity contribution in [3.05, 3.63) is 53.0 Å². The van der Waals surface area contributed by atoms with Gasteiger partial charge in [0, 0.05) is 62.1 Å². The van der Waals surface area contributed by atoms with Crippen molar-refractivity contribution in [1.29, 1.82) is 0 Å². The molecule has 2 heterocycles. The number of nitrogens with one attached hydrogen (secondary N) is 1. The normalized spacial score (nSPS) is 10.9. The van der Waals surface area contributed by atoms with Crippen LogP contribution in [0.1, 0.15) is 6.42 Å². The second kappa shape index (κ2) is 7.05. The smallest absolute Gasteiger partial charge is 0.278 e. The molecule has 0 aliphatic carbocycles. The summed E-state index contributed by atoms with van der Waals surface area (Å²) in [5, 5.41) is 20.0. The van der Waals surface area contributed by atoms with Crippen LogP contribution in [0.25, 0.3) is 10.8 Å². The van der Waals surface area contributed by atoms with Crippen LogP contribution in [0, 0.1) is 10.1 Å². The SMILES string of the molecule is COCCCn1ccc(Nc2ccc([N+](=O)[O-])c3cnccc23)n1. The highest BCUT2D eigenvalue weighted by molar-refractivity contribution is 6.00. The Morgan fingerprint density at radius 1 is 1.29 bits per heavy atom. The van der Waals surface area contributed by atoms with Gasteiger partial charge in [-0.2, -0.15) is 5.10 Å². The molecule has 0 fully saturated rings. The van der Waals surface area contributed by atoms with E-state index in [0.29, 0.717) is 17.8 Å². The molecule has 0 unspecified atom stereocenters. The van der Waals surface area contributed by atoms with Crippen molar-refractivity contribution >= 4 is 28.0 Å². The van der Waals surface area contributed by atoms with E-state index in [1.807, 2.05) is 16.9 Å². The molecule has 0 radical (unpaired) electrons. The van der Waals surface area contributed by atoms with Gasteiger partial charge < -0.3 is 10.1 Å². The number of fused-ring (bicyclic) bond motifs is 1. The van der Waals surface area contributed by atoms with Gasteiger partial charge in [-0.15, -0.1) is 0 Å². The van der Waals surface area contributed by atoms with Gasteiger partial charge in [0.1, 0.15) is 0 Å². The molecule has 2 aromatic heterocycles. The lowest BCUT2D eigenvalue weighted by atomic mass is 10.1. The second-order valence-electron chi connectivity index (χ2n) is 5.25. The average Bonchev–Trinajstić information content (AvgIpc) is 3.02. The van der Waals surface area contributed by atoms with Gasteiger partial charge in [0.2, 0.25) is 0 Å². The van der Waals surface area contributed by atoms with Gasteiger partial charge in [-0.1, -0.05) is 0 Å². The van der Waals surface area contributed by atoms with E-state index in [0.717, 1.165) is 24.0 Å². The summed E-state index contributed by atoms with van der Waals surface area (Å²) < 4.78 is 6.86. The summed E-state index contributed by atoms with van der Waals surface area (Å²) in [5.41, 5.74) is 0.786. The number of aromatic nitrogens is 3. The predicted octanol–water partition coefficient (Wildman–Crippen LogP) is 3.12. The van der Waals surface area contributed by atoms with Gasteiger partial charge in [0.25, 0.3) is 5.69 Å². The predicted molar refractivity (Wildman–Crippen MR) is 90.4 cm³/mol. The van der Waals surface area contributed by atoms with Gasteiger partial charge in [0.05, 0.1) is 10.3 Å². The molecule has 124 valence electrons. The molecule has 8 heteroatoms. The molecule has 0 aliphatic heterocycles. The van der Waals surface area contributed by atoms with Crippen LogP contribution >= 0.6 is 0 Å². The third-order valence-corrected chi connectivity index (χ3v) is 3.63. The molecule has 3 aromatic rings. The summed E-state index contributed by atoms with van der Waals surface area (Å²) >= 11 is 0. The highest BCUT2D eigenvalue weighted by Gasteiger charge is 2.14. The van der Waals surface area contributed by atoms with E-state index in [4.69, 9.17) is 4.74 Å². The number of ether oxygens (including phenoxy) is 1. The number of nitro groups is 1. The molecule has 1 aromatic carbocycles. The Morgan fingerprint density at radius 3 is 2.96 bits per heavy atom. The number of aryl methyl sites for hydroxylation is 1. The van der Waals surface area contributed by atoms with Crippen molar-refractivity contribution in [2.75, 3.05) is 19.0 Å². The van der Waals surface area contributed by atoms with E-state index in [1.54, 1.807) is 25.4 Å². The van der Waals surface area contributed by atoms with Crippen LogP contribution in [0.5, 0.6) is 0 Å². The maximum Gasteiger partial charge on any atom is 0.278 e. The second-order valence-corrected chi connectivity index (χ2v) is 5.25. The minimum atomic E-state index is -0.404. The summed E-state index contributed by atoms with van der Waals surface area (Å²) in [5.74, 6) is 0.680. The quantitative estimate of drug-likeness (QED) is 0.407. The standard InChI is InChI=1S/C16H17N5O3/c1-24-10-2-8-20-9-6-16(19-20)18-14-3-4-15(21(22)23)13-11-17-7-5-12(13)14/h3-7,9,11H,2,8,10H2,1H3,(H,18,19). The van der Waals surface area contributed by atoms with Crippen molar-refractivity contribution in [2.45, 2.75) is 13.0 Å². The van der Waals surface area contributed by atoms with Gasteiger partial charge in [-0.05, 0) is 18.6 Å². The molecular formula is C16H17N5O3. The van der Waals surface area contributed by atoms with E-state index in [-0.39, 0.29) is 5.69 Å². The minimum absolute atomic E-state index is 0.0359. The number of nitrogens with zero attached hydrogens (tertiary/aromatic N) is 4. The molecule has 8 nitrogen and oxygen atoms in total. The maximum atomic E-state index is 11.1. The van der Waals surface area contributed by atoms with Crippen LogP contribution in [-0.2, 0) is 11.3 Å². The van der Waals surface area contributed by atoms with Crippen molar-refractivity contribution in [3.8, 4) is 0 Å². The molecule has 0 bridgehead atoms. The van der Waals surface area contributed by atoms with Gasteiger partial charge in [0.15, 0.2) is 5.82 Å². The molecule has 0 spiro atoms. The third-order valence-electron chi connectivity index (χ3n) is 3.63. The summed E-state index contributed by atoms with van der Waals surface area (Å²) in [4.78, 5) is 14.7. The van der Waals surface area contributed by atoms with Crippen molar-refractivity contribution in [1.82, 2.24) is 14.8 Å². The number of rotatable bonds is 7. The van der Waals surface area contributed by atoms with Gasteiger partial charge >= 0.3 is 0 Å². The zero-order valence-corrected chi connectivity index (χ0v) is 13.2. The van der Waals surface area contributed by atoms with Crippen molar-refractivity contribution in [3.63, 3.8) is 0 Å². The van der Waals surface area contributed by atoms with Crippen molar-refractivity contribution < 1.29 is 9.66 Å². The fourth-order valence-corrected chi connectivity index (χ4v) is 2.51. The fourth-order valence-electron chi connectivity index (χ4n) is 2.51. The Balaban J connectivity index is 1.86. The Kier molecular flexibility index (Phi) is 4.66. The summed E-state index contributed by atoms with van der Waals surface area (Å²) in [7, 11) is 1.67. The summed E-state index contributed by atoms with van der Waals surface area (Å²) in [6.07, 6.45) is 5.87. The molecule has 0 saturated carbocycles. The van der Waals surface area contributed by atoms with Gasteiger partial charge in [-0.3, -0.25) is 19.8 Å². The fraction of sp³-hybridized carbons (Fsp3) is 0.250. The van der Waals surface area contributed by atoms with Crippen LogP contribution in [-0.4, -0.2) is 33.4 Å². The van der Waals surface area contributed by atoms with Gasteiger partial charge in [-0.25, -0.2) is 0 Å². The molecule has 0 amide bonds. The highest BCUT2D eigenvalue weighted by atomic mass is 16.6. The number of methoxy groups -OCH3 is 1. The Hall–Kier alpha value is -3.00. The number of anilines is 2. The Bertz CT molecular complexity index is 862. The largest absolute Gasteiger partial charge is 0.385 e. The first-order valence-electron chi connectivity index (χ1n) is 7.49. The molecule has 0 saturated heterocycles. The number of benzene rings is 1. The monoisotopic (exact) mass is 327 g/mol. The first-order valence-corrected chi connectivity index (χ1v) is 7.49. The Labute approximate surface area is 138 Å². The molecule has 0 atom stereocenters. The highest BCUT2D eigenvalue weighted by Crippen LogP contribution is 2.32. The topological polar surface area (TPSA) is 95.1 Å². The lowest BCUT2D eigenvalue weighted by molar-refractivity contribution is -0.383. The number of pyridine rings is 1. The zero-order valence-electron chi connectivity index (χ0n) is 13.2. The lowest BCUT2D eigenvalue weighted by Crippen LogP contribution is -2.03. The van der Waals surface area contributed by atoms with Crippen LogP contribution in [0.2, 0.25) is 0 Å². The number of hydrogen-bond acceptors (Lipinski definition) is 6. The average molecular weight is 327 g/mol. The first kappa shape index (κ1) is 15.9. The zero-order chi connectivity index (χ0) is 16.9. The molecule has 3 rings (SSSR count). The first-order chi connectivity index (χ1) is 11.7. The summed E-state index contributed by atoms with van der Waals surface area (Å²) in [6, 6.07) is 6.77. The Morgan fingerprint density at radius 2 is 2.17 bits per heavy atom. The maximum absolute atomic E-state index is 11.1. The number of hydrogen-bond donors (Lipinski definition) is 1. The molecule has 24 heavy (non-hydrogen) atoms. The van der Waals surface area contributed by atoms with E-state index in [2.05, 4.69) is 15.4 Å². The van der Waals surface area contributed by atoms with E-state index >= 15 is 0 Å². The van der Waals surface area contributed by atoms with Crippen LogP contribution < -0.4 is 5.32 Å². The van der Waals surface area contributed by atoms with Crippen LogP contribution in [0.15, 0.2) is 42.9 Å². The van der Waals surface area contributed by atoms with Crippen LogP contribution in [0.4, 0.5) is 17.2 Å². The van der Waals surface area contributed by atoms with E-state index in [9.17, 15) is 10.1 Å². The molecular weight excluding hydrogens is 310 g/mol. The van der Waals surface area contributed by atoms with Crippen LogP contribution in [0.3, 0.4) is 0 Å². The van der Waals surface area contributed by atoms with Crippen molar-refractivity contribution in [2.24, 2.45) is 0 Å². The van der Waals surface area contributed by atoms with E-state index in [1.165, 1.54) is 12.3 Å². The minimum Gasteiger partial charge on any atom is -0.385 e. The lowest BCUT2D eigenvalue weighted by Gasteiger charge is -2.08. The van der Waals surface area contributed by atoms with E-state index < -0.39 is 4.92 Å². The third kappa shape index (κ3) is 3.33. The summed E-state index contributed by atoms with van der Waals surface area (Å²) in [6.45, 7) is 1.45. The number of nitro benzene ring substituents is 1.